The fourth-order valence-corrected chi connectivity index (χ4v) is 4.21. The van der Waals surface area contributed by atoms with Crippen LogP contribution in [0.25, 0.3) is 10.2 Å². The zero-order chi connectivity index (χ0) is 18.8. The molecule has 6 nitrogen and oxygen atoms in total. The molecule has 1 saturated heterocycles. The molecule has 0 bridgehead atoms. The van der Waals surface area contributed by atoms with Gasteiger partial charge in [-0.1, -0.05) is 13.8 Å². The third kappa shape index (κ3) is 4.14. The summed E-state index contributed by atoms with van der Waals surface area (Å²) in [6.07, 6.45) is 1.70. The number of carbonyl (C=O) groups excluding carboxylic acids is 1. The summed E-state index contributed by atoms with van der Waals surface area (Å²) in [5.41, 5.74) is 1.82. The number of amides is 2. The van der Waals surface area contributed by atoms with E-state index in [1.165, 1.54) is 0 Å². The van der Waals surface area contributed by atoms with Crippen molar-refractivity contribution in [1.29, 1.82) is 0 Å². The van der Waals surface area contributed by atoms with Crippen molar-refractivity contribution >= 4 is 33.3 Å². The molecule has 0 unspecified atom stereocenters. The molecule has 2 amide bonds. The Morgan fingerprint density at radius 3 is 2.78 bits per heavy atom. The van der Waals surface area contributed by atoms with Gasteiger partial charge in [-0.25, -0.2) is 9.78 Å². The van der Waals surface area contributed by atoms with E-state index in [-0.39, 0.29) is 6.03 Å². The maximum Gasteiger partial charge on any atom is 0.321 e. The van der Waals surface area contributed by atoms with Crippen molar-refractivity contribution in [3.63, 3.8) is 0 Å². The third-order valence-corrected chi connectivity index (χ3v) is 6.09. The van der Waals surface area contributed by atoms with Crippen molar-refractivity contribution in [2.75, 3.05) is 31.5 Å². The zero-order valence-electron chi connectivity index (χ0n) is 15.6. The minimum Gasteiger partial charge on any atom is -0.468 e. The molecule has 1 aliphatic rings. The maximum atomic E-state index is 12.6. The second-order valence-electron chi connectivity index (χ2n) is 7.16. The summed E-state index contributed by atoms with van der Waals surface area (Å²) in [7, 11) is 0. The third-order valence-electron chi connectivity index (χ3n) is 4.77. The summed E-state index contributed by atoms with van der Waals surface area (Å²) in [6.45, 7) is 8.21. The number of thiazole rings is 1. The van der Waals surface area contributed by atoms with Crippen LogP contribution in [0.3, 0.4) is 0 Å². The van der Waals surface area contributed by atoms with Crippen LogP contribution in [0.2, 0.25) is 0 Å². The second kappa shape index (κ2) is 7.70. The van der Waals surface area contributed by atoms with Gasteiger partial charge in [-0.2, -0.15) is 0 Å². The number of urea groups is 1. The van der Waals surface area contributed by atoms with Gasteiger partial charge in [-0.05, 0) is 30.3 Å². The minimum absolute atomic E-state index is 0.0411. The van der Waals surface area contributed by atoms with Crippen LogP contribution >= 0.6 is 11.3 Å². The Morgan fingerprint density at radius 2 is 2.07 bits per heavy atom. The highest BCUT2D eigenvalue weighted by molar-refractivity contribution is 7.18. The highest BCUT2D eigenvalue weighted by Gasteiger charge is 2.22. The fraction of sp³-hybridized carbons (Fsp3) is 0.400. The Labute approximate surface area is 162 Å². The molecule has 27 heavy (non-hydrogen) atoms. The first kappa shape index (κ1) is 18.0. The molecule has 0 saturated carbocycles. The molecule has 0 radical (unpaired) electrons. The summed E-state index contributed by atoms with van der Waals surface area (Å²) in [6, 6.07) is 9.78. The molecular weight excluding hydrogens is 360 g/mol. The molecule has 2 aromatic heterocycles. The van der Waals surface area contributed by atoms with Crippen molar-refractivity contribution in [3.05, 3.63) is 47.4 Å². The van der Waals surface area contributed by atoms with Crippen LogP contribution in [0.4, 0.5) is 10.5 Å². The van der Waals surface area contributed by atoms with E-state index in [1.54, 1.807) is 17.6 Å². The second-order valence-corrected chi connectivity index (χ2v) is 8.22. The molecule has 1 fully saturated rings. The molecule has 1 aromatic carbocycles. The van der Waals surface area contributed by atoms with Crippen molar-refractivity contribution in [3.8, 4) is 0 Å². The van der Waals surface area contributed by atoms with Gasteiger partial charge in [-0.3, -0.25) is 4.90 Å². The van der Waals surface area contributed by atoms with E-state index in [2.05, 4.69) is 29.0 Å². The van der Waals surface area contributed by atoms with Gasteiger partial charge in [0.15, 0.2) is 0 Å². The molecule has 7 heteroatoms. The van der Waals surface area contributed by atoms with Crippen molar-refractivity contribution in [1.82, 2.24) is 14.8 Å². The Kier molecular flexibility index (Phi) is 5.13. The topological polar surface area (TPSA) is 61.6 Å². The number of furan rings is 1. The Morgan fingerprint density at radius 1 is 1.26 bits per heavy atom. The predicted octanol–water partition coefficient (Wildman–Crippen LogP) is 4.36. The van der Waals surface area contributed by atoms with Gasteiger partial charge in [-0.15, -0.1) is 11.3 Å². The average Bonchev–Trinajstić information content (AvgIpc) is 3.31. The number of hydrogen-bond acceptors (Lipinski definition) is 5. The van der Waals surface area contributed by atoms with Crippen LogP contribution in [0.1, 0.15) is 30.5 Å². The standard InChI is InChI=1S/C20H24N4O2S/c1-14(2)19-22-17-6-5-15(12-18(17)27-19)21-20(25)24-9-7-23(8-10-24)13-16-4-3-11-26-16/h3-6,11-12,14H,7-10,13H2,1-2H3,(H,21,25). The molecule has 1 aliphatic heterocycles. The van der Waals surface area contributed by atoms with Crippen LogP contribution in [0, 0.1) is 0 Å². The van der Waals surface area contributed by atoms with E-state index in [0.29, 0.717) is 19.0 Å². The van der Waals surface area contributed by atoms with Gasteiger partial charge in [0.2, 0.25) is 0 Å². The zero-order valence-corrected chi connectivity index (χ0v) is 16.5. The number of hydrogen-bond donors (Lipinski definition) is 1. The predicted molar refractivity (Wildman–Crippen MR) is 108 cm³/mol. The van der Waals surface area contributed by atoms with E-state index >= 15 is 0 Å². The number of piperazine rings is 1. The summed E-state index contributed by atoms with van der Waals surface area (Å²) >= 11 is 1.69. The van der Waals surface area contributed by atoms with Crippen LogP contribution in [0.15, 0.2) is 41.0 Å². The van der Waals surface area contributed by atoms with Gasteiger partial charge < -0.3 is 14.6 Å². The molecule has 0 aliphatic carbocycles. The lowest BCUT2D eigenvalue weighted by Crippen LogP contribution is -2.49. The van der Waals surface area contributed by atoms with E-state index in [4.69, 9.17) is 4.42 Å². The van der Waals surface area contributed by atoms with Gasteiger partial charge in [0.1, 0.15) is 5.76 Å². The molecule has 3 aromatic rings. The quantitative estimate of drug-likeness (QED) is 0.726. The lowest BCUT2D eigenvalue weighted by Gasteiger charge is -2.34. The van der Waals surface area contributed by atoms with E-state index < -0.39 is 0 Å². The van der Waals surface area contributed by atoms with E-state index in [9.17, 15) is 4.79 Å². The Balaban J connectivity index is 1.34. The number of nitrogens with zero attached hydrogens (tertiary/aromatic N) is 3. The maximum absolute atomic E-state index is 12.6. The highest BCUT2D eigenvalue weighted by Crippen LogP contribution is 2.29. The summed E-state index contributed by atoms with van der Waals surface area (Å²) in [5, 5.41) is 4.16. The molecular formula is C20H24N4O2S. The van der Waals surface area contributed by atoms with Crippen molar-refractivity contribution in [2.24, 2.45) is 0 Å². The fourth-order valence-electron chi connectivity index (χ4n) is 3.20. The van der Waals surface area contributed by atoms with Crippen molar-refractivity contribution < 1.29 is 9.21 Å². The van der Waals surface area contributed by atoms with Gasteiger partial charge in [0, 0.05) is 37.8 Å². The lowest BCUT2D eigenvalue weighted by atomic mass is 10.2. The molecule has 3 heterocycles. The van der Waals surface area contributed by atoms with E-state index in [0.717, 1.165) is 46.3 Å². The summed E-state index contributed by atoms with van der Waals surface area (Å²) < 4.78 is 6.51. The van der Waals surface area contributed by atoms with Gasteiger partial charge in [0.05, 0.1) is 28.0 Å². The normalized spacial score (nSPS) is 15.6. The first-order valence-corrected chi connectivity index (χ1v) is 10.1. The molecule has 1 N–H and O–H groups in total. The molecule has 142 valence electrons. The number of fused-ring (bicyclic) bond motifs is 1. The molecule has 0 atom stereocenters. The van der Waals surface area contributed by atoms with Crippen molar-refractivity contribution in [2.45, 2.75) is 26.3 Å². The number of rotatable bonds is 4. The Hall–Kier alpha value is -2.38. The van der Waals surface area contributed by atoms with Crippen LogP contribution in [-0.4, -0.2) is 47.0 Å². The first-order chi connectivity index (χ1) is 13.1. The van der Waals surface area contributed by atoms with Crippen LogP contribution in [0.5, 0.6) is 0 Å². The van der Waals surface area contributed by atoms with Crippen LogP contribution < -0.4 is 5.32 Å². The smallest absolute Gasteiger partial charge is 0.321 e. The van der Waals surface area contributed by atoms with Gasteiger partial charge >= 0.3 is 6.03 Å². The first-order valence-electron chi connectivity index (χ1n) is 9.29. The van der Waals surface area contributed by atoms with Gasteiger partial charge in [0.25, 0.3) is 0 Å². The van der Waals surface area contributed by atoms with Crippen LogP contribution in [-0.2, 0) is 6.54 Å². The largest absolute Gasteiger partial charge is 0.468 e. The summed E-state index contributed by atoms with van der Waals surface area (Å²) in [4.78, 5) is 21.4. The molecule has 4 rings (SSSR count). The monoisotopic (exact) mass is 384 g/mol. The minimum atomic E-state index is -0.0411. The van der Waals surface area contributed by atoms with E-state index in [1.807, 2.05) is 35.2 Å². The highest BCUT2D eigenvalue weighted by atomic mass is 32.1. The lowest BCUT2D eigenvalue weighted by molar-refractivity contribution is 0.137. The number of anilines is 1. The molecule has 0 spiro atoms. The number of aromatic nitrogens is 1. The number of nitrogens with one attached hydrogen (secondary N) is 1. The number of carbonyl (C=O) groups is 1. The SMILES string of the molecule is CC(C)c1nc2ccc(NC(=O)N3CCN(Cc4ccco4)CC3)cc2s1. The Bertz CT molecular complexity index is 911. The summed E-state index contributed by atoms with van der Waals surface area (Å²) in [5.74, 6) is 1.38. The average molecular weight is 385 g/mol. The number of benzene rings is 1.